The van der Waals surface area contributed by atoms with Crippen LogP contribution in [0.4, 0.5) is 0 Å². The van der Waals surface area contributed by atoms with Gasteiger partial charge in [-0.25, -0.2) is 4.79 Å². The molecule has 1 aliphatic carbocycles. The Morgan fingerprint density at radius 1 is 1.25 bits per heavy atom. The molecule has 2 nitrogen and oxygen atoms in total. The van der Waals surface area contributed by atoms with E-state index in [9.17, 15) is 4.79 Å². The molecule has 6 heteroatoms. The van der Waals surface area contributed by atoms with E-state index in [4.69, 9.17) is 51.1 Å². The highest BCUT2D eigenvalue weighted by Gasteiger charge is 2.67. The Balaban J connectivity index is 2.38. The standard InChI is InChI=1S/C14H12Cl4O2/c1-20-12(19)10(11(15)16)7-13(8-14(13,17)18)9-5-3-2-4-6-9/h2-6H,7-8H2,1H3. The van der Waals surface area contributed by atoms with Crippen molar-refractivity contribution < 1.29 is 9.53 Å². The van der Waals surface area contributed by atoms with E-state index in [1.807, 2.05) is 30.3 Å². The van der Waals surface area contributed by atoms with Crippen molar-refractivity contribution in [1.82, 2.24) is 0 Å². The van der Waals surface area contributed by atoms with Gasteiger partial charge in [0.15, 0.2) is 0 Å². The molecular weight excluding hydrogens is 342 g/mol. The van der Waals surface area contributed by atoms with E-state index in [-0.39, 0.29) is 16.5 Å². The third-order valence-corrected chi connectivity index (χ3v) is 5.01. The highest BCUT2D eigenvalue weighted by atomic mass is 35.5. The largest absolute Gasteiger partial charge is 0.466 e. The van der Waals surface area contributed by atoms with Crippen molar-refractivity contribution in [3.8, 4) is 0 Å². The van der Waals surface area contributed by atoms with Crippen molar-refractivity contribution in [2.24, 2.45) is 0 Å². The molecule has 0 amide bonds. The molecule has 1 saturated carbocycles. The van der Waals surface area contributed by atoms with Crippen LogP contribution in [0.5, 0.6) is 0 Å². The number of rotatable bonds is 4. The first-order valence-corrected chi connectivity index (χ1v) is 7.41. The molecule has 1 fully saturated rings. The van der Waals surface area contributed by atoms with Crippen molar-refractivity contribution >= 4 is 52.4 Å². The van der Waals surface area contributed by atoms with Crippen molar-refractivity contribution in [2.45, 2.75) is 22.6 Å². The maximum atomic E-state index is 11.8. The zero-order chi connectivity index (χ0) is 15.0. The molecule has 0 aliphatic heterocycles. The fourth-order valence-corrected chi connectivity index (χ4v) is 3.44. The van der Waals surface area contributed by atoms with E-state index in [2.05, 4.69) is 0 Å². The Bertz CT molecular complexity index is 550. The first-order valence-electron chi connectivity index (χ1n) is 5.90. The van der Waals surface area contributed by atoms with Crippen molar-refractivity contribution in [2.75, 3.05) is 7.11 Å². The smallest absolute Gasteiger partial charge is 0.336 e. The maximum absolute atomic E-state index is 11.8. The van der Waals surface area contributed by atoms with Gasteiger partial charge in [-0.05, 0) is 18.4 Å². The summed E-state index contributed by atoms with van der Waals surface area (Å²) in [5, 5.41) is 0. The minimum absolute atomic E-state index is 0.122. The van der Waals surface area contributed by atoms with E-state index in [1.54, 1.807) is 0 Å². The monoisotopic (exact) mass is 352 g/mol. The SMILES string of the molecule is COC(=O)C(CC1(c2ccccc2)CC1(Cl)Cl)=C(Cl)Cl. The lowest BCUT2D eigenvalue weighted by atomic mass is 9.89. The second-order valence-electron chi connectivity index (χ2n) is 4.74. The number of carbonyl (C=O) groups excluding carboxylic acids is 1. The van der Waals surface area contributed by atoms with E-state index in [1.165, 1.54) is 7.11 Å². The number of hydrogen-bond acceptors (Lipinski definition) is 2. The molecule has 1 unspecified atom stereocenters. The van der Waals surface area contributed by atoms with Crippen LogP contribution in [0.15, 0.2) is 40.4 Å². The van der Waals surface area contributed by atoms with Gasteiger partial charge in [0, 0.05) is 5.41 Å². The summed E-state index contributed by atoms with van der Waals surface area (Å²) in [4.78, 5) is 11.8. The average molecular weight is 354 g/mol. The molecule has 0 saturated heterocycles. The van der Waals surface area contributed by atoms with Gasteiger partial charge in [-0.15, -0.1) is 23.2 Å². The summed E-state index contributed by atoms with van der Waals surface area (Å²) in [7, 11) is 1.27. The zero-order valence-corrected chi connectivity index (χ0v) is 13.7. The van der Waals surface area contributed by atoms with Crippen LogP contribution in [0.3, 0.4) is 0 Å². The second kappa shape index (κ2) is 5.76. The van der Waals surface area contributed by atoms with E-state index in [0.29, 0.717) is 6.42 Å². The minimum atomic E-state index is -0.948. The molecule has 20 heavy (non-hydrogen) atoms. The van der Waals surface area contributed by atoms with Crippen molar-refractivity contribution in [3.05, 3.63) is 46.0 Å². The number of carbonyl (C=O) groups is 1. The maximum Gasteiger partial charge on any atom is 0.336 e. The number of esters is 1. The molecule has 0 radical (unpaired) electrons. The number of ether oxygens (including phenoxy) is 1. The fourth-order valence-electron chi connectivity index (χ4n) is 2.34. The Morgan fingerprint density at radius 2 is 1.80 bits per heavy atom. The molecule has 1 atom stereocenters. The molecule has 0 aromatic heterocycles. The van der Waals surface area contributed by atoms with Crippen LogP contribution in [0.25, 0.3) is 0 Å². The van der Waals surface area contributed by atoms with Crippen molar-refractivity contribution in [3.63, 3.8) is 0 Å². The number of halogens is 4. The van der Waals surface area contributed by atoms with Crippen LogP contribution in [0, 0.1) is 0 Å². The normalized spacial score (nSPS) is 23.1. The summed E-state index contributed by atoms with van der Waals surface area (Å²) in [5.41, 5.74) is 0.555. The topological polar surface area (TPSA) is 26.3 Å². The van der Waals surface area contributed by atoms with Crippen LogP contribution in [0.1, 0.15) is 18.4 Å². The number of hydrogen-bond donors (Lipinski definition) is 0. The number of methoxy groups -OCH3 is 1. The van der Waals surface area contributed by atoms with Crippen LogP contribution in [-0.4, -0.2) is 17.4 Å². The Morgan fingerprint density at radius 3 is 2.20 bits per heavy atom. The predicted molar refractivity (Wildman–Crippen MR) is 82.5 cm³/mol. The molecule has 108 valence electrons. The van der Waals surface area contributed by atoms with Crippen LogP contribution >= 0.6 is 46.4 Å². The quantitative estimate of drug-likeness (QED) is 0.443. The van der Waals surface area contributed by atoms with E-state index < -0.39 is 15.7 Å². The molecule has 0 heterocycles. The number of benzene rings is 1. The van der Waals surface area contributed by atoms with Crippen LogP contribution in [-0.2, 0) is 14.9 Å². The summed E-state index contributed by atoms with van der Waals surface area (Å²) >= 11 is 24.2. The van der Waals surface area contributed by atoms with Gasteiger partial charge in [0.1, 0.15) is 8.82 Å². The number of alkyl halides is 2. The third-order valence-electron chi connectivity index (χ3n) is 3.56. The third kappa shape index (κ3) is 2.80. The summed E-state index contributed by atoms with van der Waals surface area (Å²) < 4.78 is 3.63. The predicted octanol–water partition coefficient (Wildman–Crippen LogP) is 4.75. The molecular formula is C14H12Cl4O2. The zero-order valence-electron chi connectivity index (χ0n) is 10.6. The van der Waals surface area contributed by atoms with Gasteiger partial charge >= 0.3 is 5.97 Å². The summed E-state index contributed by atoms with van der Waals surface area (Å²) in [6, 6.07) is 9.52. The fraction of sp³-hybridized carbons (Fsp3) is 0.357. The van der Waals surface area contributed by atoms with Crippen LogP contribution in [0.2, 0.25) is 0 Å². The molecule has 1 aromatic rings. The van der Waals surface area contributed by atoms with Gasteiger partial charge in [-0.2, -0.15) is 0 Å². The van der Waals surface area contributed by atoms with Gasteiger partial charge in [-0.1, -0.05) is 53.5 Å². The first-order chi connectivity index (χ1) is 9.34. The van der Waals surface area contributed by atoms with Gasteiger partial charge in [0.05, 0.1) is 12.7 Å². The second-order valence-corrected chi connectivity index (χ2v) is 7.17. The van der Waals surface area contributed by atoms with Gasteiger partial charge in [-0.3, -0.25) is 0 Å². The first kappa shape index (κ1) is 16.0. The lowest BCUT2D eigenvalue weighted by Crippen LogP contribution is -2.20. The Labute approximate surface area is 137 Å². The molecule has 0 bridgehead atoms. The minimum Gasteiger partial charge on any atom is -0.466 e. The molecule has 1 aromatic carbocycles. The van der Waals surface area contributed by atoms with E-state index >= 15 is 0 Å². The van der Waals surface area contributed by atoms with Gasteiger partial charge in [0.2, 0.25) is 0 Å². The Hall–Kier alpha value is -0.410. The molecule has 2 rings (SSSR count). The summed E-state index contributed by atoms with van der Waals surface area (Å²) in [5.74, 6) is -0.573. The molecule has 0 N–H and O–H groups in total. The summed E-state index contributed by atoms with van der Waals surface area (Å²) in [6.07, 6.45) is 0.758. The van der Waals surface area contributed by atoms with Crippen LogP contribution < -0.4 is 0 Å². The lowest BCUT2D eigenvalue weighted by Gasteiger charge is -2.20. The highest BCUT2D eigenvalue weighted by Crippen LogP contribution is 2.67. The van der Waals surface area contributed by atoms with E-state index in [0.717, 1.165) is 5.56 Å². The summed E-state index contributed by atoms with van der Waals surface area (Å²) in [6.45, 7) is 0. The Kier molecular flexibility index (Phi) is 4.60. The molecule has 1 aliphatic rings. The highest BCUT2D eigenvalue weighted by molar-refractivity contribution is 6.57. The van der Waals surface area contributed by atoms with Crippen molar-refractivity contribution in [1.29, 1.82) is 0 Å². The molecule has 0 spiro atoms. The average Bonchev–Trinajstić information content (AvgIpc) is 2.99. The van der Waals surface area contributed by atoms with Gasteiger partial charge < -0.3 is 4.74 Å². The van der Waals surface area contributed by atoms with Gasteiger partial charge in [0.25, 0.3) is 0 Å². The lowest BCUT2D eigenvalue weighted by molar-refractivity contribution is -0.136.